The third-order valence-electron chi connectivity index (χ3n) is 6.12. The lowest BCUT2D eigenvalue weighted by Crippen LogP contribution is -1.87. The molecule has 0 unspecified atom stereocenters. The van der Waals surface area contributed by atoms with Gasteiger partial charge >= 0.3 is 0 Å². The monoisotopic (exact) mass is 410 g/mol. The van der Waals surface area contributed by atoms with Crippen LogP contribution in [0.1, 0.15) is 0 Å². The first-order valence-corrected chi connectivity index (χ1v) is 10.9. The second-order valence-corrected chi connectivity index (χ2v) is 7.97. The molecule has 1 aliphatic heterocycles. The Hall–Kier alpha value is -4.30. The van der Waals surface area contributed by atoms with Crippen LogP contribution in [0.3, 0.4) is 0 Å². The molecule has 0 amide bonds. The van der Waals surface area contributed by atoms with Gasteiger partial charge in [-0.15, -0.1) is 0 Å². The maximum absolute atomic E-state index is 3.62. The molecule has 1 aliphatic rings. The number of nitrogens with one attached hydrogen (secondary N) is 2. The van der Waals surface area contributed by atoms with Crippen LogP contribution in [-0.2, 0) is 0 Å². The van der Waals surface area contributed by atoms with Crippen LogP contribution in [0.4, 0.5) is 0 Å². The van der Waals surface area contributed by atoms with Gasteiger partial charge in [0.2, 0.25) is 0 Å². The van der Waals surface area contributed by atoms with Crippen LogP contribution in [-0.4, -0.2) is 4.98 Å². The van der Waals surface area contributed by atoms with E-state index >= 15 is 0 Å². The van der Waals surface area contributed by atoms with Crippen LogP contribution in [0.2, 0.25) is 0 Å². The number of benzene rings is 5. The number of aromatic amines is 1. The molecule has 2 heterocycles. The van der Waals surface area contributed by atoms with Gasteiger partial charge in [0.25, 0.3) is 0 Å². The number of hydrogen-bond donors (Lipinski definition) is 2. The lowest BCUT2D eigenvalue weighted by Gasteiger charge is -2.08. The summed E-state index contributed by atoms with van der Waals surface area (Å²) in [5.74, 6) is 0. The quantitative estimate of drug-likeness (QED) is 0.244. The molecule has 1 aromatic heterocycles. The molecular formula is C30H22N2. The van der Waals surface area contributed by atoms with Gasteiger partial charge < -0.3 is 10.3 Å². The Morgan fingerprint density at radius 2 is 0.969 bits per heavy atom. The second-order valence-electron chi connectivity index (χ2n) is 7.97. The lowest BCUT2D eigenvalue weighted by atomic mass is 9.96. The molecule has 0 fully saturated rings. The lowest BCUT2D eigenvalue weighted by molar-refractivity contribution is 1.20. The molecule has 0 spiro atoms. The molecule has 32 heavy (non-hydrogen) atoms. The fourth-order valence-corrected chi connectivity index (χ4v) is 4.63. The summed E-state index contributed by atoms with van der Waals surface area (Å²) in [5, 5.41) is 13.4. The predicted octanol–water partition coefficient (Wildman–Crippen LogP) is 7.95. The van der Waals surface area contributed by atoms with Crippen molar-refractivity contribution in [1.29, 1.82) is 0 Å². The summed E-state index contributed by atoms with van der Waals surface area (Å²) in [7, 11) is 0. The van der Waals surface area contributed by atoms with Crippen molar-refractivity contribution in [2.24, 2.45) is 0 Å². The summed E-state index contributed by atoms with van der Waals surface area (Å²) < 4.78 is 0. The molecule has 0 aliphatic carbocycles. The van der Waals surface area contributed by atoms with Crippen molar-refractivity contribution in [2.45, 2.75) is 0 Å². The fraction of sp³-hybridized carbons (Fsp3) is 0. The van der Waals surface area contributed by atoms with Crippen LogP contribution < -0.4 is 5.32 Å². The average Bonchev–Trinajstić information content (AvgIpc) is 3.00. The summed E-state index contributed by atoms with van der Waals surface area (Å²) >= 11 is 0. The number of rotatable bonds is 0. The van der Waals surface area contributed by atoms with Gasteiger partial charge in [0, 0.05) is 34.1 Å². The van der Waals surface area contributed by atoms with E-state index in [2.05, 4.69) is 95.2 Å². The minimum Gasteiger partial charge on any atom is -0.368 e. The van der Waals surface area contributed by atoms with Crippen LogP contribution in [0, 0.1) is 0 Å². The van der Waals surface area contributed by atoms with E-state index in [1.54, 1.807) is 0 Å². The molecule has 0 saturated carbocycles. The molecule has 6 aromatic rings. The van der Waals surface area contributed by atoms with Crippen molar-refractivity contribution in [3.63, 3.8) is 0 Å². The molecular weight excluding hydrogens is 388 g/mol. The molecule has 2 nitrogen and oxygen atoms in total. The normalized spacial score (nSPS) is 12.9. The van der Waals surface area contributed by atoms with Crippen LogP contribution >= 0.6 is 0 Å². The van der Waals surface area contributed by atoms with Crippen LogP contribution in [0.15, 0.2) is 122 Å². The Kier molecular flexibility index (Phi) is 4.47. The Morgan fingerprint density at radius 3 is 1.78 bits per heavy atom. The van der Waals surface area contributed by atoms with E-state index in [-0.39, 0.29) is 0 Å². The summed E-state index contributed by atoms with van der Waals surface area (Å²) in [5.41, 5.74) is 2.43. The minimum atomic E-state index is 1.20. The largest absolute Gasteiger partial charge is 0.368 e. The summed E-state index contributed by atoms with van der Waals surface area (Å²) in [6.07, 6.45) is 11.6. The van der Waals surface area contributed by atoms with Gasteiger partial charge in [0.1, 0.15) is 0 Å². The highest BCUT2D eigenvalue weighted by atomic mass is 14.8. The first kappa shape index (κ1) is 18.5. The van der Waals surface area contributed by atoms with E-state index in [0.29, 0.717) is 0 Å². The summed E-state index contributed by atoms with van der Waals surface area (Å²) in [6.45, 7) is 0. The van der Waals surface area contributed by atoms with E-state index in [0.717, 1.165) is 0 Å². The fourth-order valence-electron chi connectivity index (χ4n) is 4.63. The van der Waals surface area contributed by atoms with E-state index in [4.69, 9.17) is 0 Å². The van der Waals surface area contributed by atoms with Crippen molar-refractivity contribution >= 4 is 54.1 Å². The zero-order valence-electron chi connectivity index (χ0n) is 17.5. The Labute approximate surface area is 186 Å². The zero-order valence-corrected chi connectivity index (χ0v) is 17.5. The topological polar surface area (TPSA) is 27.8 Å². The highest BCUT2D eigenvalue weighted by Crippen LogP contribution is 2.36. The molecule has 0 bridgehead atoms. The number of allylic oxidation sites excluding steroid dienone is 4. The Morgan fingerprint density at radius 1 is 0.406 bits per heavy atom. The molecule has 152 valence electrons. The molecule has 2 heteroatoms. The summed E-state index contributed by atoms with van der Waals surface area (Å²) in [4.78, 5) is 3.62. The van der Waals surface area contributed by atoms with Crippen molar-refractivity contribution in [1.82, 2.24) is 10.3 Å². The van der Waals surface area contributed by atoms with Gasteiger partial charge in [-0.25, -0.2) is 0 Å². The number of para-hydroxylation sites is 1. The maximum Gasteiger partial charge on any atom is 0.0544 e. The van der Waals surface area contributed by atoms with Gasteiger partial charge in [-0.3, -0.25) is 0 Å². The third-order valence-corrected chi connectivity index (χ3v) is 6.12. The molecule has 0 saturated heterocycles. The average molecular weight is 411 g/mol. The first-order chi connectivity index (χ1) is 15.9. The van der Waals surface area contributed by atoms with Crippen LogP contribution in [0.5, 0.6) is 0 Å². The SMILES string of the molecule is C1=CC=CNC=C1.c1ccc2c(c1)ccc1c2ccc2c1ccc1c3ccccc3[nH]c12. The van der Waals surface area contributed by atoms with Crippen molar-refractivity contribution in [3.05, 3.63) is 122 Å². The van der Waals surface area contributed by atoms with Gasteiger partial charge in [0.05, 0.1) is 5.52 Å². The van der Waals surface area contributed by atoms with Crippen molar-refractivity contribution in [2.75, 3.05) is 0 Å². The van der Waals surface area contributed by atoms with E-state index in [9.17, 15) is 0 Å². The highest BCUT2D eigenvalue weighted by molar-refractivity contribution is 6.24. The second kappa shape index (κ2) is 7.75. The number of fused-ring (bicyclic) bond motifs is 9. The van der Waals surface area contributed by atoms with Crippen LogP contribution in [0.25, 0.3) is 54.1 Å². The molecule has 5 aromatic carbocycles. The van der Waals surface area contributed by atoms with Gasteiger partial charge in [-0.1, -0.05) is 91.0 Å². The first-order valence-electron chi connectivity index (χ1n) is 10.9. The number of aromatic nitrogens is 1. The minimum absolute atomic E-state index is 1.20. The predicted molar refractivity (Wildman–Crippen MR) is 139 cm³/mol. The molecule has 2 N–H and O–H groups in total. The smallest absolute Gasteiger partial charge is 0.0544 e. The van der Waals surface area contributed by atoms with Gasteiger partial charge in [-0.2, -0.15) is 0 Å². The Bertz CT molecular complexity index is 1680. The van der Waals surface area contributed by atoms with E-state index in [1.807, 2.05) is 36.7 Å². The third kappa shape index (κ3) is 3.05. The highest BCUT2D eigenvalue weighted by Gasteiger charge is 2.10. The van der Waals surface area contributed by atoms with E-state index < -0.39 is 0 Å². The van der Waals surface area contributed by atoms with Gasteiger partial charge in [-0.05, 0) is 45.1 Å². The number of H-pyrrole nitrogens is 1. The zero-order chi connectivity index (χ0) is 21.3. The summed E-state index contributed by atoms with van der Waals surface area (Å²) in [6, 6.07) is 30.7. The Balaban J connectivity index is 0.000000241. The molecule has 0 radical (unpaired) electrons. The molecule has 0 atom stereocenters. The maximum atomic E-state index is 3.62. The standard InChI is InChI=1S/C24H15N.C6H7N/c1-2-6-16-15(5-1)9-10-18-17(16)11-13-21-19(18)12-14-22-20-7-3-4-8-23(20)25-24(21)22;1-2-4-6-7-5-3-1/h1-14,25H;1-7H. The van der Waals surface area contributed by atoms with Gasteiger partial charge in [0.15, 0.2) is 0 Å². The van der Waals surface area contributed by atoms with Crippen molar-refractivity contribution in [3.8, 4) is 0 Å². The van der Waals surface area contributed by atoms with Crippen molar-refractivity contribution < 1.29 is 0 Å². The molecule has 7 rings (SSSR count). The number of hydrogen-bond acceptors (Lipinski definition) is 1. The van der Waals surface area contributed by atoms with E-state index in [1.165, 1.54) is 54.1 Å².